The number of carbonyl (C=O) groups excluding carboxylic acids is 1. The van der Waals surface area contributed by atoms with Gasteiger partial charge in [0.05, 0.1) is 23.3 Å². The molecule has 0 aliphatic heterocycles. The molecule has 1 heterocycles. The van der Waals surface area contributed by atoms with Crippen molar-refractivity contribution in [3.05, 3.63) is 32.5 Å². The molecule has 7 nitrogen and oxygen atoms in total. The summed E-state index contributed by atoms with van der Waals surface area (Å²) in [4.78, 5) is 25.2. The molecule has 1 aromatic heterocycles. The van der Waals surface area contributed by atoms with Gasteiger partial charge in [-0.2, -0.15) is 5.26 Å². The summed E-state index contributed by atoms with van der Waals surface area (Å²) in [7, 11) is 0. The van der Waals surface area contributed by atoms with Gasteiger partial charge in [0, 0.05) is 10.5 Å². The third-order valence-corrected chi connectivity index (χ3v) is 2.63. The quantitative estimate of drug-likeness (QED) is 0.477. The number of nitriles is 1. The maximum Gasteiger partial charge on any atom is 0.329 e. The number of nitrogens with zero attached hydrogens (tertiary/aromatic N) is 3. The molecule has 8 heteroatoms. The Morgan fingerprint density at radius 2 is 2.44 bits per heavy atom. The van der Waals surface area contributed by atoms with E-state index in [9.17, 15) is 14.9 Å². The van der Waals surface area contributed by atoms with Crippen molar-refractivity contribution in [1.29, 1.82) is 5.26 Å². The van der Waals surface area contributed by atoms with Crippen LogP contribution in [0.4, 0.5) is 5.69 Å². The van der Waals surface area contributed by atoms with Gasteiger partial charge in [0.25, 0.3) is 5.69 Å². The molecule has 1 atom stereocenters. The average molecular weight is 314 g/mol. The SMILES string of the molecule is CCOC(=O)C(C#N)c1ncc([N+](=O)[O-])cc1Br. The zero-order valence-corrected chi connectivity index (χ0v) is 10.9. The van der Waals surface area contributed by atoms with Crippen LogP contribution in [0, 0.1) is 21.4 Å². The van der Waals surface area contributed by atoms with Crippen LogP contribution in [0.15, 0.2) is 16.7 Å². The average Bonchev–Trinajstić information content (AvgIpc) is 2.32. The van der Waals surface area contributed by atoms with E-state index in [4.69, 9.17) is 10.00 Å². The minimum atomic E-state index is -1.21. The van der Waals surface area contributed by atoms with Crippen molar-refractivity contribution in [2.45, 2.75) is 12.8 Å². The molecular formula is C10H8BrN3O4. The maximum atomic E-state index is 11.5. The molecule has 0 aliphatic rings. The molecule has 0 N–H and O–H groups in total. The molecule has 94 valence electrons. The van der Waals surface area contributed by atoms with Gasteiger partial charge in [-0.15, -0.1) is 0 Å². The van der Waals surface area contributed by atoms with E-state index in [1.807, 2.05) is 0 Å². The number of hydrogen-bond acceptors (Lipinski definition) is 6. The number of esters is 1. The molecule has 0 radical (unpaired) electrons. The Labute approximate surface area is 111 Å². The molecule has 18 heavy (non-hydrogen) atoms. The molecule has 1 unspecified atom stereocenters. The van der Waals surface area contributed by atoms with Gasteiger partial charge in [0.2, 0.25) is 0 Å². The molecule has 1 rings (SSSR count). The summed E-state index contributed by atoms with van der Waals surface area (Å²) in [5.74, 6) is -1.94. The molecule has 0 aliphatic carbocycles. The molecule has 0 amide bonds. The number of pyridine rings is 1. The van der Waals surface area contributed by atoms with Crippen LogP contribution >= 0.6 is 15.9 Å². The highest BCUT2D eigenvalue weighted by atomic mass is 79.9. The third kappa shape index (κ3) is 3.01. The van der Waals surface area contributed by atoms with Gasteiger partial charge in [0.1, 0.15) is 6.20 Å². The lowest BCUT2D eigenvalue weighted by Gasteiger charge is -2.09. The van der Waals surface area contributed by atoms with Crippen LogP contribution in [0.3, 0.4) is 0 Å². The van der Waals surface area contributed by atoms with E-state index < -0.39 is 16.8 Å². The van der Waals surface area contributed by atoms with Crippen molar-refractivity contribution >= 4 is 27.6 Å². The van der Waals surface area contributed by atoms with Crippen LogP contribution in [0.25, 0.3) is 0 Å². The highest BCUT2D eigenvalue weighted by Gasteiger charge is 2.26. The van der Waals surface area contributed by atoms with Crippen molar-refractivity contribution in [2.24, 2.45) is 0 Å². The number of ether oxygens (including phenoxy) is 1. The van der Waals surface area contributed by atoms with Crippen molar-refractivity contribution in [2.75, 3.05) is 6.61 Å². The second-order valence-electron chi connectivity index (χ2n) is 3.13. The molecule has 0 fully saturated rings. The van der Waals surface area contributed by atoms with Gasteiger partial charge in [-0.1, -0.05) is 0 Å². The molecule has 1 aromatic rings. The van der Waals surface area contributed by atoms with Crippen molar-refractivity contribution in [3.63, 3.8) is 0 Å². The van der Waals surface area contributed by atoms with Crippen molar-refractivity contribution < 1.29 is 14.5 Å². The van der Waals surface area contributed by atoms with Gasteiger partial charge in [-0.3, -0.25) is 19.9 Å². The Balaban J connectivity index is 3.12. The summed E-state index contributed by atoms with van der Waals surface area (Å²) in [6.07, 6.45) is 0.990. The molecule has 0 spiro atoms. The first-order valence-corrected chi connectivity index (χ1v) is 5.66. The van der Waals surface area contributed by atoms with E-state index in [0.29, 0.717) is 0 Å². The Kier molecular flexibility index (Phi) is 4.74. The van der Waals surface area contributed by atoms with E-state index in [0.717, 1.165) is 6.20 Å². The van der Waals surface area contributed by atoms with E-state index >= 15 is 0 Å². The summed E-state index contributed by atoms with van der Waals surface area (Å²) < 4.78 is 4.94. The van der Waals surface area contributed by atoms with Crippen LogP contribution in [0.1, 0.15) is 18.5 Å². The summed E-state index contributed by atoms with van der Waals surface area (Å²) in [6, 6.07) is 2.94. The zero-order valence-electron chi connectivity index (χ0n) is 9.29. The maximum absolute atomic E-state index is 11.5. The highest BCUT2D eigenvalue weighted by Crippen LogP contribution is 2.27. The van der Waals surface area contributed by atoms with Crippen molar-refractivity contribution in [3.8, 4) is 6.07 Å². The van der Waals surface area contributed by atoms with Gasteiger partial charge in [-0.05, 0) is 22.9 Å². The zero-order chi connectivity index (χ0) is 13.7. The summed E-state index contributed by atoms with van der Waals surface area (Å²) in [5.41, 5.74) is -0.132. The summed E-state index contributed by atoms with van der Waals surface area (Å²) in [6.45, 7) is 1.76. The fourth-order valence-electron chi connectivity index (χ4n) is 1.20. The van der Waals surface area contributed by atoms with Gasteiger partial charge < -0.3 is 4.74 Å². The number of halogens is 1. The standard InChI is InChI=1S/C10H8BrN3O4/c1-2-18-10(15)7(4-12)9-8(11)3-6(5-13-9)14(16)17/h3,5,7H,2H2,1H3. The van der Waals surface area contributed by atoms with Crippen LogP contribution in [0.5, 0.6) is 0 Å². The van der Waals surface area contributed by atoms with E-state index in [-0.39, 0.29) is 22.5 Å². The Hall–Kier alpha value is -2.01. The number of hydrogen-bond donors (Lipinski definition) is 0. The smallest absolute Gasteiger partial charge is 0.329 e. The second-order valence-corrected chi connectivity index (χ2v) is 3.99. The number of nitro groups is 1. The number of carbonyl (C=O) groups is 1. The van der Waals surface area contributed by atoms with Crippen LogP contribution in [-0.4, -0.2) is 22.5 Å². The van der Waals surface area contributed by atoms with Crippen molar-refractivity contribution in [1.82, 2.24) is 4.98 Å². The summed E-state index contributed by atoms with van der Waals surface area (Å²) in [5, 5.41) is 19.5. The fraction of sp³-hybridized carbons (Fsp3) is 0.300. The van der Waals surface area contributed by atoms with Gasteiger partial charge in [-0.25, -0.2) is 0 Å². The Bertz CT molecular complexity index is 526. The third-order valence-electron chi connectivity index (χ3n) is 1.99. The molecule has 0 aromatic carbocycles. The van der Waals surface area contributed by atoms with Crippen LogP contribution < -0.4 is 0 Å². The first kappa shape index (κ1) is 14.1. The topological polar surface area (TPSA) is 106 Å². The Morgan fingerprint density at radius 3 is 2.89 bits per heavy atom. The lowest BCUT2D eigenvalue weighted by Crippen LogP contribution is -2.16. The predicted molar refractivity (Wildman–Crippen MR) is 63.6 cm³/mol. The van der Waals surface area contributed by atoms with Crippen LogP contribution in [0.2, 0.25) is 0 Å². The lowest BCUT2D eigenvalue weighted by molar-refractivity contribution is -0.385. The Morgan fingerprint density at radius 1 is 1.78 bits per heavy atom. The number of rotatable bonds is 4. The first-order valence-electron chi connectivity index (χ1n) is 4.87. The first-order chi connectivity index (χ1) is 8.51. The molecule has 0 saturated heterocycles. The minimum absolute atomic E-state index is 0.0987. The lowest BCUT2D eigenvalue weighted by atomic mass is 10.1. The minimum Gasteiger partial charge on any atom is -0.465 e. The molecular weight excluding hydrogens is 306 g/mol. The highest BCUT2D eigenvalue weighted by molar-refractivity contribution is 9.10. The van der Waals surface area contributed by atoms with E-state index in [2.05, 4.69) is 20.9 Å². The van der Waals surface area contributed by atoms with Gasteiger partial charge >= 0.3 is 5.97 Å². The van der Waals surface area contributed by atoms with Crippen LogP contribution in [-0.2, 0) is 9.53 Å². The second kappa shape index (κ2) is 6.07. The fourth-order valence-corrected chi connectivity index (χ4v) is 1.77. The van der Waals surface area contributed by atoms with E-state index in [1.54, 1.807) is 13.0 Å². The normalized spacial score (nSPS) is 11.4. The largest absolute Gasteiger partial charge is 0.465 e. The molecule has 0 saturated carbocycles. The monoisotopic (exact) mass is 313 g/mol. The van der Waals surface area contributed by atoms with E-state index in [1.165, 1.54) is 6.07 Å². The number of aromatic nitrogens is 1. The predicted octanol–water partition coefficient (Wildman–Crippen LogP) is 1.92. The molecule has 0 bridgehead atoms. The summed E-state index contributed by atoms with van der Waals surface area (Å²) >= 11 is 3.05. The van der Waals surface area contributed by atoms with Gasteiger partial charge in [0.15, 0.2) is 5.92 Å².